The van der Waals surface area contributed by atoms with Crippen molar-refractivity contribution in [3.63, 3.8) is 0 Å². The van der Waals surface area contributed by atoms with Crippen molar-refractivity contribution in [2.24, 2.45) is 5.92 Å². The summed E-state index contributed by atoms with van der Waals surface area (Å²) in [6, 6.07) is 1.69. The average molecular weight is 308 g/mol. The molecule has 1 fully saturated rings. The maximum absolute atomic E-state index is 12.4. The van der Waals surface area contributed by atoms with Gasteiger partial charge in [-0.05, 0) is 24.8 Å². The Bertz CT molecular complexity index is 490. The van der Waals surface area contributed by atoms with Gasteiger partial charge in [-0.2, -0.15) is 4.31 Å². The summed E-state index contributed by atoms with van der Waals surface area (Å²) in [4.78, 5) is 1.30. The molecule has 2 heterocycles. The van der Waals surface area contributed by atoms with E-state index >= 15 is 0 Å². The minimum Gasteiger partial charge on any atom is -0.207 e. The first-order chi connectivity index (χ1) is 8.57. The highest BCUT2D eigenvalue weighted by Crippen LogP contribution is 2.28. The molecule has 3 nitrogen and oxygen atoms in total. The van der Waals surface area contributed by atoms with Gasteiger partial charge >= 0.3 is 0 Å². The lowest BCUT2D eigenvalue weighted by atomic mass is 9.96. The summed E-state index contributed by atoms with van der Waals surface area (Å²) in [6.07, 6.45) is 3.09. The van der Waals surface area contributed by atoms with Gasteiger partial charge in [0, 0.05) is 23.3 Å². The number of thiophene rings is 1. The quantitative estimate of drug-likeness (QED) is 0.800. The Balaban J connectivity index is 2.12. The van der Waals surface area contributed by atoms with E-state index in [4.69, 9.17) is 11.6 Å². The molecular weight excluding hydrogens is 290 g/mol. The third-order valence-corrected chi connectivity index (χ3v) is 6.96. The predicted molar refractivity (Wildman–Crippen MR) is 75.6 cm³/mol. The highest BCUT2D eigenvalue weighted by Gasteiger charge is 2.29. The molecule has 0 radical (unpaired) electrons. The molecule has 1 aliphatic heterocycles. The van der Waals surface area contributed by atoms with Gasteiger partial charge in [0.2, 0.25) is 10.0 Å². The van der Waals surface area contributed by atoms with Crippen molar-refractivity contribution in [1.29, 1.82) is 0 Å². The van der Waals surface area contributed by atoms with Gasteiger partial charge in [0.05, 0.1) is 10.8 Å². The van der Waals surface area contributed by atoms with Crippen LogP contribution in [-0.4, -0.2) is 25.8 Å². The second kappa shape index (κ2) is 5.90. The molecule has 2 rings (SSSR count). The summed E-state index contributed by atoms with van der Waals surface area (Å²) in [5, 5.41) is 1.69. The average Bonchev–Trinajstić information content (AvgIpc) is 2.88. The second-order valence-corrected chi connectivity index (χ2v) is 7.84. The first-order valence-corrected chi connectivity index (χ1v) is 9.07. The molecule has 6 heteroatoms. The Labute approximate surface area is 118 Å². The van der Waals surface area contributed by atoms with Crippen molar-refractivity contribution in [3.05, 3.63) is 16.3 Å². The lowest BCUT2D eigenvalue weighted by Crippen LogP contribution is -2.38. The Morgan fingerprint density at radius 3 is 2.61 bits per heavy atom. The van der Waals surface area contributed by atoms with Gasteiger partial charge in [-0.15, -0.1) is 22.9 Å². The lowest BCUT2D eigenvalue weighted by molar-refractivity contribution is 0.269. The molecule has 0 aromatic carbocycles. The van der Waals surface area contributed by atoms with Crippen LogP contribution in [0.4, 0.5) is 0 Å². The largest absolute Gasteiger partial charge is 0.243 e. The zero-order valence-electron chi connectivity index (χ0n) is 10.4. The zero-order chi connectivity index (χ0) is 13.2. The number of alkyl halides is 1. The first kappa shape index (κ1) is 14.3. The van der Waals surface area contributed by atoms with E-state index in [1.165, 1.54) is 11.3 Å². The smallest absolute Gasteiger partial charge is 0.207 e. The topological polar surface area (TPSA) is 37.4 Å². The Kier molecular flexibility index (Phi) is 4.69. The molecule has 1 aromatic heterocycles. The summed E-state index contributed by atoms with van der Waals surface area (Å²) < 4.78 is 26.4. The van der Waals surface area contributed by atoms with Gasteiger partial charge in [-0.25, -0.2) is 8.42 Å². The minimum absolute atomic E-state index is 0.373. The Morgan fingerprint density at radius 1 is 1.44 bits per heavy atom. The number of hydrogen-bond acceptors (Lipinski definition) is 3. The highest BCUT2D eigenvalue weighted by molar-refractivity contribution is 7.89. The maximum Gasteiger partial charge on any atom is 0.243 e. The van der Waals surface area contributed by atoms with Gasteiger partial charge in [0.1, 0.15) is 0 Å². The molecule has 18 heavy (non-hydrogen) atoms. The van der Waals surface area contributed by atoms with Crippen LogP contribution < -0.4 is 0 Å². The van der Waals surface area contributed by atoms with Crippen LogP contribution in [0.2, 0.25) is 0 Å². The van der Waals surface area contributed by atoms with Gasteiger partial charge in [0.25, 0.3) is 0 Å². The Hall–Kier alpha value is -0.100. The fourth-order valence-corrected chi connectivity index (χ4v) is 5.12. The maximum atomic E-state index is 12.4. The fourth-order valence-electron chi connectivity index (χ4n) is 2.27. The molecule has 1 aromatic rings. The van der Waals surface area contributed by atoms with Crippen LogP contribution in [0.5, 0.6) is 0 Å². The van der Waals surface area contributed by atoms with E-state index < -0.39 is 10.0 Å². The third kappa shape index (κ3) is 2.90. The van der Waals surface area contributed by atoms with E-state index in [-0.39, 0.29) is 0 Å². The van der Waals surface area contributed by atoms with Crippen LogP contribution >= 0.6 is 22.9 Å². The van der Waals surface area contributed by atoms with E-state index in [9.17, 15) is 8.42 Å². The molecule has 0 amide bonds. The van der Waals surface area contributed by atoms with E-state index in [0.717, 1.165) is 24.1 Å². The predicted octanol–water partition coefficient (Wildman–Crippen LogP) is 3.30. The number of nitrogens with zero attached hydrogens (tertiary/aromatic N) is 1. The number of rotatable bonds is 4. The molecule has 0 unspecified atom stereocenters. The molecule has 0 spiro atoms. The van der Waals surface area contributed by atoms with Crippen LogP contribution in [0.15, 0.2) is 16.3 Å². The summed E-state index contributed by atoms with van der Waals surface area (Å²) in [5.74, 6) is 1.05. The summed E-state index contributed by atoms with van der Waals surface area (Å²) >= 11 is 7.12. The van der Waals surface area contributed by atoms with Crippen LogP contribution in [0.25, 0.3) is 0 Å². The molecule has 0 bridgehead atoms. The monoisotopic (exact) mass is 307 g/mol. The van der Waals surface area contributed by atoms with E-state index in [2.05, 4.69) is 6.92 Å². The van der Waals surface area contributed by atoms with Crippen LogP contribution in [0, 0.1) is 5.92 Å². The van der Waals surface area contributed by atoms with Crippen molar-refractivity contribution in [2.45, 2.75) is 37.0 Å². The first-order valence-electron chi connectivity index (χ1n) is 6.21. The minimum atomic E-state index is -3.30. The number of halogens is 1. The zero-order valence-corrected chi connectivity index (χ0v) is 12.8. The normalized spacial score (nSPS) is 19.2. The van der Waals surface area contributed by atoms with E-state index in [1.54, 1.807) is 15.8 Å². The molecular formula is C12H18ClNO2S2. The van der Waals surface area contributed by atoms with Crippen LogP contribution in [-0.2, 0) is 15.9 Å². The third-order valence-electron chi connectivity index (χ3n) is 3.55. The molecule has 102 valence electrons. The molecule has 0 atom stereocenters. The molecule has 1 saturated heterocycles. The fraction of sp³-hybridized carbons (Fsp3) is 0.667. The SMILES string of the molecule is CCC1CCN(S(=O)(=O)c2csc(CCl)c2)CC1. The van der Waals surface area contributed by atoms with Crippen molar-refractivity contribution >= 4 is 33.0 Å². The molecule has 0 aliphatic carbocycles. The van der Waals surface area contributed by atoms with E-state index in [1.807, 2.05) is 0 Å². The van der Waals surface area contributed by atoms with Gasteiger partial charge in [-0.3, -0.25) is 0 Å². The van der Waals surface area contributed by atoms with Crippen LogP contribution in [0.3, 0.4) is 0 Å². The summed E-state index contributed by atoms with van der Waals surface area (Å²) in [5.41, 5.74) is 0. The standard InChI is InChI=1S/C12H18ClNO2S2/c1-2-10-3-5-14(6-4-10)18(15,16)12-7-11(8-13)17-9-12/h7,9-10H,2-6,8H2,1H3. The van der Waals surface area contributed by atoms with Gasteiger partial charge in [0.15, 0.2) is 0 Å². The van der Waals surface area contributed by atoms with Crippen molar-refractivity contribution < 1.29 is 8.42 Å². The van der Waals surface area contributed by atoms with Gasteiger partial charge in [-0.1, -0.05) is 13.3 Å². The van der Waals surface area contributed by atoms with E-state index in [0.29, 0.717) is 29.8 Å². The van der Waals surface area contributed by atoms with Gasteiger partial charge < -0.3 is 0 Å². The number of piperidine rings is 1. The second-order valence-electron chi connectivity index (χ2n) is 4.64. The van der Waals surface area contributed by atoms with Crippen molar-refractivity contribution in [3.8, 4) is 0 Å². The van der Waals surface area contributed by atoms with Crippen molar-refractivity contribution in [2.75, 3.05) is 13.1 Å². The molecule has 1 aliphatic rings. The summed E-state index contributed by atoms with van der Waals surface area (Å²) in [6.45, 7) is 3.46. The number of hydrogen-bond donors (Lipinski definition) is 0. The molecule has 0 N–H and O–H groups in total. The lowest BCUT2D eigenvalue weighted by Gasteiger charge is -2.30. The Morgan fingerprint density at radius 2 is 2.11 bits per heavy atom. The van der Waals surface area contributed by atoms with Crippen LogP contribution in [0.1, 0.15) is 31.1 Å². The summed E-state index contributed by atoms with van der Waals surface area (Å²) in [7, 11) is -3.30. The highest BCUT2D eigenvalue weighted by atomic mass is 35.5. The molecule has 0 saturated carbocycles. The van der Waals surface area contributed by atoms with Crippen molar-refractivity contribution in [1.82, 2.24) is 4.31 Å². The number of sulfonamides is 1.